The normalized spacial score (nSPS) is 11.1. The third kappa shape index (κ3) is 4.31. The highest BCUT2D eigenvalue weighted by Crippen LogP contribution is 2.07. The van der Waals surface area contributed by atoms with E-state index in [1.807, 2.05) is 31.2 Å². The fourth-order valence-electron chi connectivity index (χ4n) is 1.39. The van der Waals surface area contributed by atoms with E-state index in [2.05, 4.69) is 0 Å². The molecule has 3 nitrogen and oxygen atoms in total. The zero-order chi connectivity index (χ0) is 12.7. The second-order valence-corrected chi connectivity index (χ2v) is 3.68. The van der Waals surface area contributed by atoms with Gasteiger partial charge in [0.05, 0.1) is 13.7 Å². The van der Waals surface area contributed by atoms with E-state index in [1.165, 1.54) is 12.7 Å². The number of aryl methyl sites for hydroxylation is 1. The van der Waals surface area contributed by atoms with Gasteiger partial charge in [-0.3, -0.25) is 0 Å². The van der Waals surface area contributed by atoms with Crippen LogP contribution in [-0.4, -0.2) is 19.7 Å². The van der Waals surface area contributed by atoms with Crippen LogP contribution in [0.5, 0.6) is 0 Å². The highest BCUT2D eigenvalue weighted by molar-refractivity contribution is 5.86. The quantitative estimate of drug-likeness (QED) is 0.446. The predicted octanol–water partition coefficient (Wildman–Crippen LogP) is 2.63. The molecule has 92 valence electrons. The van der Waals surface area contributed by atoms with Crippen molar-refractivity contribution < 1.29 is 14.3 Å². The highest BCUT2D eigenvalue weighted by atomic mass is 16.6. The van der Waals surface area contributed by atoms with Crippen LogP contribution in [0.4, 0.5) is 0 Å². The van der Waals surface area contributed by atoms with E-state index >= 15 is 0 Å². The zero-order valence-corrected chi connectivity index (χ0v) is 10.5. The van der Waals surface area contributed by atoms with Crippen molar-refractivity contribution in [2.75, 3.05) is 13.7 Å². The van der Waals surface area contributed by atoms with E-state index < -0.39 is 5.97 Å². The Morgan fingerprint density at radius 3 is 2.47 bits per heavy atom. The van der Waals surface area contributed by atoms with Crippen LogP contribution in [0.15, 0.2) is 36.1 Å². The van der Waals surface area contributed by atoms with Gasteiger partial charge >= 0.3 is 5.97 Å². The Hall–Kier alpha value is -1.77. The number of carbonyl (C=O) groups excluding carboxylic acids is 1. The van der Waals surface area contributed by atoms with Gasteiger partial charge in [0.15, 0.2) is 0 Å². The maximum Gasteiger partial charge on any atom is 0.373 e. The molecule has 1 aromatic rings. The van der Waals surface area contributed by atoms with Crippen molar-refractivity contribution in [3.8, 4) is 0 Å². The van der Waals surface area contributed by atoms with Crippen LogP contribution in [0.25, 0.3) is 0 Å². The topological polar surface area (TPSA) is 35.5 Å². The van der Waals surface area contributed by atoms with Crippen LogP contribution in [0.2, 0.25) is 0 Å². The smallest absolute Gasteiger partial charge is 0.373 e. The minimum Gasteiger partial charge on any atom is -0.490 e. The first kappa shape index (κ1) is 13.3. The van der Waals surface area contributed by atoms with Crippen LogP contribution in [0.3, 0.4) is 0 Å². The van der Waals surface area contributed by atoms with E-state index in [1.54, 1.807) is 13.0 Å². The number of hydrogen-bond donors (Lipinski definition) is 0. The van der Waals surface area contributed by atoms with E-state index in [-0.39, 0.29) is 5.76 Å². The number of ether oxygens (including phenoxy) is 2. The second kappa shape index (κ2) is 6.74. The van der Waals surface area contributed by atoms with E-state index in [0.29, 0.717) is 13.0 Å². The van der Waals surface area contributed by atoms with E-state index in [0.717, 1.165) is 5.56 Å². The molecule has 1 aromatic carbocycles. The molecule has 3 heteroatoms. The summed E-state index contributed by atoms with van der Waals surface area (Å²) in [5.41, 5.74) is 2.35. The summed E-state index contributed by atoms with van der Waals surface area (Å²) in [5.74, 6) is -0.158. The Morgan fingerprint density at radius 2 is 1.94 bits per heavy atom. The summed E-state index contributed by atoms with van der Waals surface area (Å²) in [4.78, 5) is 11.4. The lowest BCUT2D eigenvalue weighted by atomic mass is 10.1. The van der Waals surface area contributed by atoms with E-state index in [4.69, 9.17) is 9.47 Å². The van der Waals surface area contributed by atoms with Gasteiger partial charge in [0.25, 0.3) is 0 Å². The first-order valence-electron chi connectivity index (χ1n) is 5.64. The van der Waals surface area contributed by atoms with Gasteiger partial charge in [0, 0.05) is 0 Å². The SMILES string of the molecule is CCOC(=O)/C(=C/Cc1ccc(C)cc1)OC. The molecule has 0 spiro atoms. The van der Waals surface area contributed by atoms with Crippen molar-refractivity contribution in [3.63, 3.8) is 0 Å². The molecule has 0 aliphatic rings. The number of methoxy groups -OCH3 is 1. The third-order valence-electron chi connectivity index (χ3n) is 2.34. The van der Waals surface area contributed by atoms with Gasteiger partial charge in [-0.2, -0.15) is 0 Å². The molecular weight excluding hydrogens is 216 g/mol. The van der Waals surface area contributed by atoms with E-state index in [9.17, 15) is 4.79 Å². The summed E-state index contributed by atoms with van der Waals surface area (Å²) in [6, 6.07) is 8.15. The molecule has 0 heterocycles. The molecule has 0 radical (unpaired) electrons. The number of carbonyl (C=O) groups is 1. The number of benzene rings is 1. The zero-order valence-electron chi connectivity index (χ0n) is 10.5. The van der Waals surface area contributed by atoms with Gasteiger partial charge in [-0.25, -0.2) is 4.79 Å². The number of hydrogen-bond acceptors (Lipinski definition) is 3. The molecular formula is C14H18O3. The Labute approximate surface area is 102 Å². The lowest BCUT2D eigenvalue weighted by Crippen LogP contribution is -2.09. The fraction of sp³-hybridized carbons (Fsp3) is 0.357. The molecule has 0 N–H and O–H groups in total. The summed E-state index contributed by atoms with van der Waals surface area (Å²) < 4.78 is 9.87. The molecule has 0 aliphatic carbocycles. The van der Waals surface area contributed by atoms with Gasteiger partial charge < -0.3 is 9.47 Å². The third-order valence-corrected chi connectivity index (χ3v) is 2.34. The lowest BCUT2D eigenvalue weighted by molar-refractivity contribution is -0.142. The first-order valence-corrected chi connectivity index (χ1v) is 5.64. The minimum atomic E-state index is -0.415. The summed E-state index contributed by atoms with van der Waals surface area (Å²) in [7, 11) is 1.47. The van der Waals surface area contributed by atoms with Gasteiger partial charge in [0.2, 0.25) is 5.76 Å². The molecule has 0 atom stereocenters. The summed E-state index contributed by atoms with van der Waals surface area (Å²) in [5, 5.41) is 0. The van der Waals surface area contributed by atoms with Gasteiger partial charge in [-0.1, -0.05) is 29.8 Å². The lowest BCUT2D eigenvalue weighted by Gasteiger charge is -2.05. The molecule has 0 saturated heterocycles. The van der Waals surface area contributed by atoms with Crippen LogP contribution < -0.4 is 0 Å². The molecule has 0 aromatic heterocycles. The maximum atomic E-state index is 11.4. The second-order valence-electron chi connectivity index (χ2n) is 3.68. The standard InChI is InChI=1S/C14H18O3/c1-4-17-14(15)13(16-3)10-9-12-7-5-11(2)6-8-12/h5-8,10H,4,9H2,1-3H3/b13-10-. The highest BCUT2D eigenvalue weighted by Gasteiger charge is 2.09. The van der Waals surface area contributed by atoms with Crippen molar-refractivity contribution in [2.24, 2.45) is 0 Å². The predicted molar refractivity (Wildman–Crippen MR) is 66.6 cm³/mol. The number of allylic oxidation sites excluding steroid dienone is 1. The Morgan fingerprint density at radius 1 is 1.29 bits per heavy atom. The van der Waals surface area contributed by atoms with Crippen molar-refractivity contribution in [3.05, 3.63) is 47.2 Å². The van der Waals surface area contributed by atoms with Crippen LogP contribution in [0.1, 0.15) is 18.1 Å². The minimum absolute atomic E-state index is 0.257. The first-order chi connectivity index (χ1) is 8.17. The fourth-order valence-corrected chi connectivity index (χ4v) is 1.39. The monoisotopic (exact) mass is 234 g/mol. The maximum absolute atomic E-state index is 11.4. The summed E-state index contributed by atoms with van der Waals surface area (Å²) >= 11 is 0. The van der Waals surface area contributed by atoms with Crippen molar-refractivity contribution in [2.45, 2.75) is 20.3 Å². The molecule has 0 saturated carbocycles. The van der Waals surface area contributed by atoms with Crippen LogP contribution in [0, 0.1) is 6.92 Å². The number of esters is 1. The molecule has 1 rings (SSSR count). The van der Waals surface area contributed by atoms with Gasteiger partial charge in [0.1, 0.15) is 0 Å². The average molecular weight is 234 g/mol. The van der Waals surface area contributed by atoms with Crippen molar-refractivity contribution in [1.29, 1.82) is 0 Å². The Balaban J connectivity index is 2.67. The van der Waals surface area contributed by atoms with Gasteiger partial charge in [-0.15, -0.1) is 0 Å². The molecule has 0 fully saturated rings. The molecule has 0 bridgehead atoms. The van der Waals surface area contributed by atoms with Crippen LogP contribution in [-0.2, 0) is 20.7 Å². The summed E-state index contributed by atoms with van der Waals surface area (Å²) in [6.45, 7) is 4.16. The van der Waals surface area contributed by atoms with Crippen molar-refractivity contribution in [1.82, 2.24) is 0 Å². The Kier molecular flexibility index (Phi) is 5.27. The molecule has 17 heavy (non-hydrogen) atoms. The molecule has 0 aliphatic heterocycles. The van der Waals surface area contributed by atoms with Crippen molar-refractivity contribution >= 4 is 5.97 Å². The Bertz CT molecular complexity index is 390. The molecule has 0 unspecified atom stereocenters. The average Bonchev–Trinajstić information content (AvgIpc) is 2.32. The number of rotatable bonds is 5. The van der Waals surface area contributed by atoms with Crippen LogP contribution >= 0.6 is 0 Å². The largest absolute Gasteiger partial charge is 0.490 e. The van der Waals surface area contributed by atoms with Gasteiger partial charge in [-0.05, 0) is 31.9 Å². The molecule has 0 amide bonds. The summed E-state index contributed by atoms with van der Waals surface area (Å²) in [6.07, 6.45) is 2.39.